The molecule has 1 aromatic rings. The normalized spacial score (nSPS) is 26.4. The highest BCUT2D eigenvalue weighted by atomic mass is 16.2. The Hall–Kier alpha value is -2.74. The fourth-order valence-corrected chi connectivity index (χ4v) is 4.50. The standard InChI is InChI=1S/C20H22N4O4/c25-16-4-3-15(17(26)22-16)24-18(27)13-2-1-12(9-14(13)19(24)28)23-8-7-21-10-20(11-23)5-6-20/h1-2,9,15,21H,3-8,10-11H2,(H,22,25,26). The SMILES string of the molecule is O=C1CCC(N2C(=O)c3ccc(N4CCNCC5(CC5)C4)cc3C2=O)C(=O)N1. The van der Waals surface area contributed by atoms with Gasteiger partial charge in [0.25, 0.3) is 11.8 Å². The van der Waals surface area contributed by atoms with Gasteiger partial charge in [-0.2, -0.15) is 0 Å². The molecule has 1 saturated carbocycles. The fourth-order valence-electron chi connectivity index (χ4n) is 4.50. The predicted octanol–water partition coefficient (Wildman–Crippen LogP) is 0.278. The third-order valence-electron chi connectivity index (χ3n) is 6.33. The molecule has 4 aliphatic rings. The number of nitrogens with zero attached hydrogens (tertiary/aromatic N) is 2. The molecule has 3 aliphatic heterocycles. The summed E-state index contributed by atoms with van der Waals surface area (Å²) in [5, 5.41) is 5.70. The molecule has 8 heteroatoms. The van der Waals surface area contributed by atoms with Crippen LogP contribution in [0.15, 0.2) is 18.2 Å². The summed E-state index contributed by atoms with van der Waals surface area (Å²) in [5.41, 5.74) is 1.93. The van der Waals surface area contributed by atoms with Crippen LogP contribution < -0.4 is 15.5 Å². The van der Waals surface area contributed by atoms with Crippen LogP contribution in [0.5, 0.6) is 0 Å². The van der Waals surface area contributed by atoms with E-state index in [0.29, 0.717) is 16.5 Å². The van der Waals surface area contributed by atoms with E-state index in [1.54, 1.807) is 12.1 Å². The molecule has 2 N–H and O–H groups in total. The Morgan fingerprint density at radius 3 is 2.57 bits per heavy atom. The Bertz CT molecular complexity index is 907. The average molecular weight is 382 g/mol. The van der Waals surface area contributed by atoms with Gasteiger partial charge in [-0.25, -0.2) is 0 Å². The number of rotatable bonds is 2. The van der Waals surface area contributed by atoms with E-state index in [0.717, 1.165) is 36.8 Å². The number of anilines is 1. The Balaban J connectivity index is 1.43. The maximum atomic E-state index is 13.0. The number of carbonyl (C=O) groups is 4. The molecule has 1 spiro atoms. The van der Waals surface area contributed by atoms with Crippen LogP contribution >= 0.6 is 0 Å². The number of imide groups is 2. The number of nitrogens with one attached hydrogen (secondary N) is 2. The minimum Gasteiger partial charge on any atom is -0.370 e. The van der Waals surface area contributed by atoms with E-state index >= 15 is 0 Å². The van der Waals surface area contributed by atoms with Gasteiger partial charge in [-0.3, -0.25) is 29.4 Å². The van der Waals surface area contributed by atoms with E-state index in [1.807, 2.05) is 6.07 Å². The second-order valence-corrected chi connectivity index (χ2v) is 8.28. The van der Waals surface area contributed by atoms with Crippen LogP contribution in [0.25, 0.3) is 0 Å². The summed E-state index contributed by atoms with van der Waals surface area (Å²) < 4.78 is 0. The first-order chi connectivity index (χ1) is 13.5. The lowest BCUT2D eigenvalue weighted by Crippen LogP contribution is -2.54. The quantitative estimate of drug-likeness (QED) is 0.713. The molecular weight excluding hydrogens is 360 g/mol. The summed E-state index contributed by atoms with van der Waals surface area (Å²) in [5.74, 6) is -1.87. The van der Waals surface area contributed by atoms with Crippen LogP contribution in [0, 0.1) is 5.41 Å². The highest BCUT2D eigenvalue weighted by Crippen LogP contribution is 2.47. The van der Waals surface area contributed by atoms with Crippen molar-refractivity contribution >= 4 is 29.3 Å². The van der Waals surface area contributed by atoms with E-state index < -0.39 is 23.8 Å². The topological polar surface area (TPSA) is 98.8 Å². The van der Waals surface area contributed by atoms with Gasteiger partial charge in [-0.05, 0) is 37.5 Å². The van der Waals surface area contributed by atoms with E-state index in [-0.39, 0.29) is 18.7 Å². The summed E-state index contributed by atoms with van der Waals surface area (Å²) in [6.07, 6.45) is 2.71. The first-order valence-electron chi connectivity index (χ1n) is 9.79. The third kappa shape index (κ3) is 2.71. The van der Waals surface area contributed by atoms with Gasteiger partial charge in [0, 0.05) is 43.7 Å². The Kier molecular flexibility index (Phi) is 3.80. The molecule has 5 rings (SSSR count). The van der Waals surface area contributed by atoms with Crippen molar-refractivity contribution < 1.29 is 19.2 Å². The number of hydrogen-bond acceptors (Lipinski definition) is 6. The second kappa shape index (κ2) is 6.13. The van der Waals surface area contributed by atoms with Crippen molar-refractivity contribution in [2.75, 3.05) is 31.1 Å². The van der Waals surface area contributed by atoms with Gasteiger partial charge in [0.2, 0.25) is 11.8 Å². The van der Waals surface area contributed by atoms with E-state index in [1.165, 1.54) is 12.8 Å². The lowest BCUT2D eigenvalue weighted by atomic mass is 10.0. The zero-order valence-electron chi connectivity index (χ0n) is 15.5. The minimum atomic E-state index is -0.925. The first kappa shape index (κ1) is 17.4. The maximum absolute atomic E-state index is 13.0. The van der Waals surface area contributed by atoms with Crippen LogP contribution in [-0.4, -0.2) is 60.7 Å². The molecule has 1 aromatic carbocycles. The molecule has 8 nitrogen and oxygen atoms in total. The summed E-state index contributed by atoms with van der Waals surface area (Å²) in [7, 11) is 0. The lowest BCUT2D eigenvalue weighted by molar-refractivity contribution is -0.136. The van der Waals surface area contributed by atoms with Crippen LogP contribution in [0.2, 0.25) is 0 Å². The number of piperidine rings is 1. The van der Waals surface area contributed by atoms with Crippen LogP contribution in [0.3, 0.4) is 0 Å². The van der Waals surface area contributed by atoms with Gasteiger partial charge < -0.3 is 10.2 Å². The number of carbonyl (C=O) groups excluding carboxylic acids is 4. The number of benzene rings is 1. The average Bonchev–Trinajstić information content (AvgIpc) is 3.44. The molecule has 1 unspecified atom stereocenters. The van der Waals surface area contributed by atoms with E-state index in [9.17, 15) is 19.2 Å². The van der Waals surface area contributed by atoms with Gasteiger partial charge in [0.05, 0.1) is 11.1 Å². The largest absolute Gasteiger partial charge is 0.370 e. The molecule has 0 aromatic heterocycles. The smallest absolute Gasteiger partial charge is 0.262 e. The monoisotopic (exact) mass is 382 g/mol. The van der Waals surface area contributed by atoms with Crippen molar-refractivity contribution in [1.29, 1.82) is 0 Å². The predicted molar refractivity (Wildman–Crippen MR) is 99.9 cm³/mol. The molecule has 146 valence electrons. The molecule has 2 saturated heterocycles. The van der Waals surface area contributed by atoms with Crippen LogP contribution in [-0.2, 0) is 9.59 Å². The molecule has 4 amide bonds. The van der Waals surface area contributed by atoms with Gasteiger partial charge in [0.15, 0.2) is 0 Å². The highest BCUT2D eigenvalue weighted by Gasteiger charge is 2.46. The van der Waals surface area contributed by atoms with Gasteiger partial charge in [-0.15, -0.1) is 0 Å². The molecular formula is C20H22N4O4. The van der Waals surface area contributed by atoms with Crippen molar-refractivity contribution in [3.05, 3.63) is 29.3 Å². The Morgan fingerprint density at radius 1 is 1.04 bits per heavy atom. The third-order valence-corrected chi connectivity index (χ3v) is 6.33. The fraction of sp³-hybridized carbons (Fsp3) is 0.500. The number of amides is 4. The molecule has 28 heavy (non-hydrogen) atoms. The van der Waals surface area contributed by atoms with Gasteiger partial charge in [-0.1, -0.05) is 0 Å². The molecule has 0 radical (unpaired) electrons. The molecule has 1 aliphatic carbocycles. The van der Waals surface area contributed by atoms with Crippen molar-refractivity contribution in [2.24, 2.45) is 5.41 Å². The number of fused-ring (bicyclic) bond motifs is 1. The van der Waals surface area contributed by atoms with Crippen LogP contribution in [0.1, 0.15) is 46.4 Å². The van der Waals surface area contributed by atoms with E-state index in [2.05, 4.69) is 15.5 Å². The Labute approximate surface area is 162 Å². The summed E-state index contributed by atoms with van der Waals surface area (Å²) in [4.78, 5) is 52.6. The van der Waals surface area contributed by atoms with Crippen molar-refractivity contribution in [2.45, 2.75) is 31.7 Å². The number of hydrogen-bond donors (Lipinski definition) is 2. The van der Waals surface area contributed by atoms with Gasteiger partial charge in [0.1, 0.15) is 6.04 Å². The molecule has 1 atom stereocenters. The lowest BCUT2D eigenvalue weighted by Gasteiger charge is -2.27. The second-order valence-electron chi connectivity index (χ2n) is 8.28. The van der Waals surface area contributed by atoms with Crippen molar-refractivity contribution in [3.8, 4) is 0 Å². The maximum Gasteiger partial charge on any atom is 0.262 e. The van der Waals surface area contributed by atoms with Gasteiger partial charge >= 0.3 is 0 Å². The zero-order chi connectivity index (χ0) is 19.5. The zero-order valence-corrected chi connectivity index (χ0v) is 15.5. The molecule has 3 fully saturated rings. The first-order valence-corrected chi connectivity index (χ1v) is 9.79. The molecule has 0 bridgehead atoms. The molecule has 3 heterocycles. The van der Waals surface area contributed by atoms with Crippen molar-refractivity contribution in [3.63, 3.8) is 0 Å². The Morgan fingerprint density at radius 2 is 1.82 bits per heavy atom. The minimum absolute atomic E-state index is 0.123. The van der Waals surface area contributed by atoms with Crippen LogP contribution in [0.4, 0.5) is 5.69 Å². The summed E-state index contributed by atoms with van der Waals surface area (Å²) >= 11 is 0. The van der Waals surface area contributed by atoms with E-state index in [4.69, 9.17) is 0 Å². The highest BCUT2D eigenvalue weighted by molar-refractivity contribution is 6.23. The summed E-state index contributed by atoms with van der Waals surface area (Å²) in [6, 6.07) is 4.43. The van der Waals surface area contributed by atoms with Crippen molar-refractivity contribution in [1.82, 2.24) is 15.5 Å². The summed E-state index contributed by atoms with van der Waals surface area (Å²) in [6.45, 7) is 3.70.